The van der Waals surface area contributed by atoms with Gasteiger partial charge in [-0.2, -0.15) is 0 Å². The van der Waals surface area contributed by atoms with Gasteiger partial charge in [0.05, 0.1) is 12.0 Å². The third-order valence-electron chi connectivity index (χ3n) is 6.25. The molecule has 0 aliphatic carbocycles. The lowest BCUT2D eigenvalue weighted by Gasteiger charge is -2.22. The average Bonchev–Trinajstić information content (AvgIpc) is 2.96. The van der Waals surface area contributed by atoms with Gasteiger partial charge in [-0.25, -0.2) is 9.59 Å². The van der Waals surface area contributed by atoms with E-state index in [2.05, 4.69) is 10.6 Å². The van der Waals surface area contributed by atoms with Crippen molar-refractivity contribution in [3.05, 3.63) is 116 Å². The van der Waals surface area contributed by atoms with E-state index in [4.69, 9.17) is 9.15 Å². The van der Waals surface area contributed by atoms with E-state index in [0.29, 0.717) is 5.56 Å². The van der Waals surface area contributed by atoms with Crippen LogP contribution in [-0.2, 0) is 27.2 Å². The van der Waals surface area contributed by atoms with Crippen molar-refractivity contribution < 1.29 is 33.6 Å². The Morgan fingerprint density at radius 1 is 0.927 bits per heavy atom. The summed E-state index contributed by atoms with van der Waals surface area (Å²) in [6.07, 6.45) is 0.0492. The molecule has 210 valence electrons. The Labute approximate surface area is 232 Å². The van der Waals surface area contributed by atoms with E-state index < -0.39 is 46.0 Å². The first-order valence-electron chi connectivity index (χ1n) is 12.4. The highest BCUT2D eigenvalue weighted by Gasteiger charge is 2.29. The highest BCUT2D eigenvalue weighted by atomic mass is 16.6. The van der Waals surface area contributed by atoms with E-state index in [0.717, 1.165) is 23.8 Å². The molecule has 4 aromatic rings. The molecule has 12 nitrogen and oxygen atoms in total. The maximum atomic E-state index is 13.5. The van der Waals surface area contributed by atoms with E-state index >= 15 is 0 Å². The topological polar surface area (TPSA) is 178 Å². The van der Waals surface area contributed by atoms with E-state index in [1.165, 1.54) is 25.3 Å². The number of rotatable bonds is 10. The predicted molar refractivity (Wildman–Crippen MR) is 146 cm³/mol. The number of phenols is 1. The second kappa shape index (κ2) is 12.6. The summed E-state index contributed by atoms with van der Waals surface area (Å²) in [6.45, 7) is 0. The quantitative estimate of drug-likeness (QED) is 0.114. The maximum Gasteiger partial charge on any atom is 0.349 e. The van der Waals surface area contributed by atoms with Crippen LogP contribution in [0.1, 0.15) is 21.5 Å². The van der Waals surface area contributed by atoms with Gasteiger partial charge in [-0.15, -0.1) is 0 Å². The molecule has 4 rings (SSSR count). The SMILES string of the molecule is COC(=O)[C@H](Cc1ccccc1)NC(=O)[C@H](Cc1ccc(O)cc1)NC(=O)c1cc2cc([N+](=O)[O-])ccc2oc1=O. The number of phenolic OH excluding ortho intramolecular Hbond substituents is 1. The number of methoxy groups -OCH3 is 1. The van der Waals surface area contributed by atoms with Crippen molar-refractivity contribution in [2.75, 3.05) is 7.11 Å². The number of ether oxygens (including phenoxy) is 1. The molecular weight excluding hydrogens is 534 g/mol. The van der Waals surface area contributed by atoms with Crippen LogP contribution in [0.15, 0.2) is 88.1 Å². The molecule has 0 spiro atoms. The number of benzene rings is 3. The van der Waals surface area contributed by atoms with Crippen LogP contribution in [0.3, 0.4) is 0 Å². The number of aromatic hydroxyl groups is 1. The first-order valence-corrected chi connectivity index (χ1v) is 12.4. The number of non-ortho nitro benzene ring substituents is 1. The van der Waals surface area contributed by atoms with Crippen LogP contribution >= 0.6 is 0 Å². The number of nitrogens with zero attached hydrogens (tertiary/aromatic N) is 1. The molecule has 3 N–H and O–H groups in total. The van der Waals surface area contributed by atoms with Gasteiger partial charge >= 0.3 is 11.6 Å². The maximum absolute atomic E-state index is 13.5. The number of esters is 1. The summed E-state index contributed by atoms with van der Waals surface area (Å²) in [5.41, 5.74) is -0.404. The lowest BCUT2D eigenvalue weighted by Crippen LogP contribution is -2.53. The van der Waals surface area contributed by atoms with Gasteiger partial charge in [0.25, 0.3) is 11.6 Å². The van der Waals surface area contributed by atoms with E-state index in [-0.39, 0.29) is 35.2 Å². The zero-order chi connectivity index (χ0) is 29.5. The largest absolute Gasteiger partial charge is 0.508 e. The van der Waals surface area contributed by atoms with Gasteiger partial charge < -0.3 is 24.9 Å². The van der Waals surface area contributed by atoms with Crippen LogP contribution in [0.4, 0.5) is 5.69 Å². The zero-order valence-corrected chi connectivity index (χ0v) is 21.7. The molecule has 2 amide bonds. The van der Waals surface area contributed by atoms with Crippen LogP contribution in [0.25, 0.3) is 11.0 Å². The van der Waals surface area contributed by atoms with Gasteiger partial charge in [0, 0.05) is 30.4 Å². The summed E-state index contributed by atoms with van der Waals surface area (Å²) >= 11 is 0. The summed E-state index contributed by atoms with van der Waals surface area (Å²) in [7, 11) is 1.19. The summed E-state index contributed by atoms with van der Waals surface area (Å²) < 4.78 is 10.0. The van der Waals surface area contributed by atoms with E-state index in [9.17, 15) is 34.4 Å². The normalized spacial score (nSPS) is 12.2. The van der Waals surface area contributed by atoms with Gasteiger partial charge in [0.15, 0.2) is 0 Å². The molecule has 0 aliphatic rings. The minimum atomic E-state index is -1.28. The van der Waals surface area contributed by atoms with Gasteiger partial charge in [0.2, 0.25) is 5.91 Å². The fourth-order valence-corrected chi connectivity index (χ4v) is 4.15. The lowest BCUT2D eigenvalue weighted by atomic mass is 10.0. The number of hydrogen-bond acceptors (Lipinski definition) is 9. The Morgan fingerprint density at radius 3 is 2.24 bits per heavy atom. The second-order valence-corrected chi connectivity index (χ2v) is 9.10. The van der Waals surface area contributed by atoms with Crippen LogP contribution in [0, 0.1) is 10.1 Å². The fourth-order valence-electron chi connectivity index (χ4n) is 4.15. The van der Waals surface area contributed by atoms with Crippen molar-refractivity contribution in [1.29, 1.82) is 0 Å². The van der Waals surface area contributed by atoms with Crippen molar-refractivity contribution in [1.82, 2.24) is 10.6 Å². The molecule has 1 aromatic heterocycles. The van der Waals surface area contributed by atoms with Crippen molar-refractivity contribution in [3.8, 4) is 5.75 Å². The third-order valence-corrected chi connectivity index (χ3v) is 6.25. The molecule has 41 heavy (non-hydrogen) atoms. The van der Waals surface area contributed by atoms with Crippen LogP contribution < -0.4 is 16.3 Å². The average molecular weight is 560 g/mol. The van der Waals surface area contributed by atoms with Crippen molar-refractivity contribution >= 4 is 34.4 Å². The van der Waals surface area contributed by atoms with Crippen LogP contribution in [-0.4, -0.2) is 47.0 Å². The first-order chi connectivity index (χ1) is 19.6. The number of carbonyl (C=O) groups is 3. The van der Waals surface area contributed by atoms with Crippen molar-refractivity contribution in [2.24, 2.45) is 0 Å². The lowest BCUT2D eigenvalue weighted by molar-refractivity contribution is -0.384. The van der Waals surface area contributed by atoms with Gasteiger partial charge in [-0.1, -0.05) is 42.5 Å². The molecule has 0 saturated carbocycles. The minimum absolute atomic E-state index is 0.00438. The number of nitro benzene ring substituents is 1. The zero-order valence-electron chi connectivity index (χ0n) is 21.7. The molecular formula is C29H25N3O9. The number of fused-ring (bicyclic) bond motifs is 1. The molecule has 0 unspecified atom stereocenters. The Hall–Kier alpha value is -5.52. The van der Waals surface area contributed by atoms with E-state index in [1.54, 1.807) is 42.5 Å². The smallest absolute Gasteiger partial charge is 0.349 e. The summed E-state index contributed by atoms with van der Waals surface area (Å²) in [5, 5.41) is 26.0. The molecule has 12 heteroatoms. The number of nitrogens with one attached hydrogen (secondary N) is 2. The molecule has 0 bridgehead atoms. The van der Waals surface area contributed by atoms with Gasteiger partial charge in [-0.3, -0.25) is 19.7 Å². The Morgan fingerprint density at radius 2 is 1.59 bits per heavy atom. The minimum Gasteiger partial charge on any atom is -0.508 e. The molecule has 0 radical (unpaired) electrons. The number of nitro groups is 1. The monoisotopic (exact) mass is 559 g/mol. The Balaban J connectivity index is 1.63. The van der Waals surface area contributed by atoms with Crippen LogP contribution in [0.5, 0.6) is 5.75 Å². The fraction of sp³-hybridized carbons (Fsp3) is 0.172. The molecule has 0 saturated heterocycles. The molecule has 3 aromatic carbocycles. The molecule has 0 aliphatic heterocycles. The number of hydrogen-bond donors (Lipinski definition) is 3. The standard InChI is InChI=1S/C29H25N3O9/c1-40-29(37)24(14-17-5-3-2-4-6-17)31-27(35)23(13-18-7-10-21(33)11-8-18)30-26(34)22-16-19-15-20(32(38)39)9-12-25(19)41-28(22)36/h2-12,15-16,23-24,33H,13-14H2,1H3,(H,30,34)(H,31,35)/t23-,24-/m0/s1. The highest BCUT2D eigenvalue weighted by Crippen LogP contribution is 2.21. The number of carbonyl (C=O) groups excluding carboxylic acids is 3. The highest BCUT2D eigenvalue weighted by molar-refractivity contribution is 6.00. The van der Waals surface area contributed by atoms with Crippen molar-refractivity contribution in [3.63, 3.8) is 0 Å². The van der Waals surface area contributed by atoms with E-state index in [1.807, 2.05) is 0 Å². The molecule has 2 atom stereocenters. The summed E-state index contributed by atoms with van der Waals surface area (Å²) in [4.78, 5) is 62.3. The Bertz CT molecular complexity index is 1650. The summed E-state index contributed by atoms with van der Waals surface area (Å²) in [5.74, 6) is -2.41. The molecule has 1 heterocycles. The van der Waals surface area contributed by atoms with Gasteiger partial charge in [-0.05, 0) is 35.4 Å². The second-order valence-electron chi connectivity index (χ2n) is 9.10. The summed E-state index contributed by atoms with van der Waals surface area (Å²) in [6, 6.07) is 17.2. The van der Waals surface area contributed by atoms with Gasteiger partial charge in [0.1, 0.15) is 29.0 Å². The Kier molecular flexibility index (Phi) is 8.72. The first kappa shape index (κ1) is 28.5. The number of amides is 2. The predicted octanol–water partition coefficient (Wildman–Crippen LogP) is 2.65. The van der Waals surface area contributed by atoms with Crippen molar-refractivity contribution in [2.45, 2.75) is 24.9 Å². The molecule has 0 fully saturated rings. The third kappa shape index (κ3) is 7.12. The van der Waals surface area contributed by atoms with Crippen LogP contribution in [0.2, 0.25) is 0 Å².